The number of benzene rings is 4. The zero-order valence-corrected chi connectivity index (χ0v) is 24.5. The van der Waals surface area contributed by atoms with Gasteiger partial charge >= 0.3 is 13.1 Å². The summed E-state index contributed by atoms with van der Waals surface area (Å²) in [5.41, 5.74) is 9.58. The zero-order valence-electron chi connectivity index (χ0n) is 24.5. The highest BCUT2D eigenvalue weighted by molar-refractivity contribution is 6.44. The van der Waals surface area contributed by atoms with Crippen molar-refractivity contribution >= 4 is 19.0 Å². The summed E-state index contributed by atoms with van der Waals surface area (Å²) >= 11 is 0. The number of carbonyl (C=O) groups is 2. The second kappa shape index (κ2) is 13.3. The topological polar surface area (TPSA) is 141 Å². The number of aromatic carboxylic acids is 1. The normalized spacial score (nSPS) is 14.9. The van der Waals surface area contributed by atoms with Gasteiger partial charge in [-0.25, -0.2) is 4.79 Å². The molecule has 1 saturated heterocycles. The summed E-state index contributed by atoms with van der Waals surface area (Å²) in [5.74, 6) is -0.261. The van der Waals surface area contributed by atoms with Crippen LogP contribution in [0.1, 0.15) is 38.7 Å². The Morgan fingerprint density at radius 1 is 0.911 bits per heavy atom. The second-order valence-corrected chi connectivity index (χ2v) is 11.1. The molecule has 1 atom stereocenters. The largest absolute Gasteiger partial charge is 0.535 e. The fourth-order valence-electron chi connectivity index (χ4n) is 5.38. The van der Waals surface area contributed by atoms with Crippen LogP contribution in [0.5, 0.6) is 23.0 Å². The van der Waals surface area contributed by atoms with E-state index >= 15 is 0 Å². The number of hydrogen-bond acceptors (Lipinski definition) is 8. The zero-order chi connectivity index (χ0) is 31.3. The number of ether oxygens (including phenoxy) is 3. The molecule has 2 heterocycles. The number of carboxylic acids is 1. The first-order valence-corrected chi connectivity index (χ1v) is 14.8. The number of nitrogens with two attached hydrogens (primary N) is 1. The van der Waals surface area contributed by atoms with Gasteiger partial charge in [-0.15, -0.1) is 0 Å². The second-order valence-electron chi connectivity index (χ2n) is 11.1. The van der Waals surface area contributed by atoms with E-state index in [2.05, 4.69) is 0 Å². The van der Waals surface area contributed by atoms with Crippen LogP contribution >= 0.6 is 0 Å². The van der Waals surface area contributed by atoms with Gasteiger partial charge in [0, 0.05) is 11.6 Å². The molecule has 10 nitrogen and oxygen atoms in total. The van der Waals surface area contributed by atoms with Crippen molar-refractivity contribution in [2.75, 3.05) is 13.1 Å². The first-order chi connectivity index (χ1) is 21.9. The molecular formula is C34H33BN2O8. The first kappa shape index (κ1) is 30.0. The summed E-state index contributed by atoms with van der Waals surface area (Å²) in [6.45, 7) is 1.11. The molecule has 1 amide bonds. The number of carbonyl (C=O) groups excluding carboxylic acids is 1. The molecule has 2 aliphatic rings. The molecule has 0 saturated carbocycles. The number of fused-ring (bicyclic) bond motifs is 1. The Morgan fingerprint density at radius 2 is 1.58 bits per heavy atom. The fraction of sp³-hybridized carbons (Fsp3) is 0.235. The van der Waals surface area contributed by atoms with Crippen molar-refractivity contribution in [1.82, 2.24) is 4.90 Å². The molecule has 1 unspecified atom stereocenters. The van der Waals surface area contributed by atoms with Crippen LogP contribution in [0.4, 0.5) is 0 Å². The van der Waals surface area contributed by atoms with Gasteiger partial charge in [0.1, 0.15) is 53.9 Å². The van der Waals surface area contributed by atoms with Gasteiger partial charge in [-0.1, -0.05) is 66.7 Å². The monoisotopic (exact) mass is 608 g/mol. The van der Waals surface area contributed by atoms with Gasteiger partial charge in [0.25, 0.3) is 0 Å². The molecule has 11 heteroatoms. The van der Waals surface area contributed by atoms with Crippen molar-refractivity contribution in [3.8, 4) is 23.0 Å². The molecule has 0 bridgehead atoms. The van der Waals surface area contributed by atoms with Gasteiger partial charge in [-0.3, -0.25) is 4.79 Å². The summed E-state index contributed by atoms with van der Waals surface area (Å²) in [7, 11) is -1.07. The van der Waals surface area contributed by atoms with Crippen LogP contribution in [0.3, 0.4) is 0 Å². The number of likely N-dealkylation sites (tertiary alicyclic amines) is 1. The van der Waals surface area contributed by atoms with Gasteiger partial charge in [0.2, 0.25) is 5.91 Å². The Balaban J connectivity index is 1.14. The van der Waals surface area contributed by atoms with E-state index in [0.29, 0.717) is 42.0 Å². The lowest BCUT2D eigenvalue weighted by Gasteiger charge is -2.40. The van der Waals surface area contributed by atoms with Gasteiger partial charge in [0.15, 0.2) is 0 Å². The molecule has 230 valence electrons. The molecule has 6 rings (SSSR count). The maximum absolute atomic E-state index is 13.5. The van der Waals surface area contributed by atoms with Crippen LogP contribution in [0.2, 0.25) is 6.32 Å². The molecule has 1 fully saturated rings. The van der Waals surface area contributed by atoms with Crippen LogP contribution < -0.4 is 24.6 Å². The molecule has 2 aliphatic heterocycles. The van der Waals surface area contributed by atoms with E-state index in [9.17, 15) is 19.7 Å². The predicted molar refractivity (Wildman–Crippen MR) is 166 cm³/mol. The van der Waals surface area contributed by atoms with Gasteiger partial charge < -0.3 is 39.6 Å². The highest BCUT2D eigenvalue weighted by Gasteiger charge is 2.38. The SMILES string of the molecule is NC(C(=O)N1CC(Oc2ccc3c(c2C(=O)O)OB(O)CC3)C1)c1ccc(OCc2ccccc2)cc1OCc1ccccc1. The third kappa shape index (κ3) is 6.90. The lowest BCUT2D eigenvalue weighted by Crippen LogP contribution is -2.58. The van der Waals surface area contributed by atoms with Crippen molar-refractivity contribution < 1.29 is 38.6 Å². The number of carboxylic acid groups (broad SMARTS) is 1. The standard InChI is InChI=1S/C34H33BN2O8/c36-31(33(38)37-18-26(19-37)44-28-14-11-24-15-16-35(41)45-32(24)30(28)34(39)40)27-13-12-25(42-20-22-7-3-1-4-8-22)17-29(27)43-21-23-9-5-2-6-10-23/h1-14,17,26,31,41H,15-16,18-21,36H2,(H,39,40). The van der Waals surface area contributed by atoms with Crippen LogP contribution in [-0.4, -0.2) is 53.2 Å². The lowest BCUT2D eigenvalue weighted by atomic mass is 9.78. The predicted octanol–water partition coefficient (Wildman–Crippen LogP) is 4.25. The van der Waals surface area contributed by atoms with Crippen molar-refractivity contribution in [3.05, 3.63) is 119 Å². The van der Waals surface area contributed by atoms with Crippen molar-refractivity contribution in [1.29, 1.82) is 0 Å². The number of amides is 1. The van der Waals surface area contributed by atoms with Crippen LogP contribution in [0, 0.1) is 0 Å². The van der Waals surface area contributed by atoms with E-state index in [0.717, 1.165) is 11.1 Å². The Morgan fingerprint density at radius 3 is 2.24 bits per heavy atom. The summed E-state index contributed by atoms with van der Waals surface area (Å²) in [4.78, 5) is 27.1. The average Bonchev–Trinajstić information content (AvgIpc) is 3.04. The molecule has 0 spiro atoms. The summed E-state index contributed by atoms with van der Waals surface area (Å²) in [5, 5.41) is 19.8. The summed E-state index contributed by atoms with van der Waals surface area (Å²) < 4.78 is 23.6. The third-order valence-corrected chi connectivity index (χ3v) is 7.85. The molecule has 4 N–H and O–H groups in total. The Bertz CT molecular complexity index is 1660. The Labute approximate surface area is 261 Å². The minimum atomic E-state index is -1.22. The number of rotatable bonds is 11. The van der Waals surface area contributed by atoms with E-state index in [1.807, 2.05) is 60.7 Å². The van der Waals surface area contributed by atoms with E-state index in [1.165, 1.54) is 0 Å². The van der Waals surface area contributed by atoms with Gasteiger partial charge in [-0.2, -0.15) is 0 Å². The number of hydrogen-bond donors (Lipinski definition) is 3. The van der Waals surface area contributed by atoms with Crippen molar-refractivity contribution in [2.45, 2.75) is 38.1 Å². The van der Waals surface area contributed by atoms with Crippen LogP contribution in [-0.2, 0) is 24.4 Å². The molecule has 0 radical (unpaired) electrons. The average molecular weight is 608 g/mol. The summed E-state index contributed by atoms with van der Waals surface area (Å²) in [6.07, 6.45) is 0.445. The van der Waals surface area contributed by atoms with Gasteiger partial charge in [0.05, 0.1) is 13.1 Å². The molecule has 4 aromatic carbocycles. The molecule has 0 aliphatic carbocycles. The van der Waals surface area contributed by atoms with Crippen molar-refractivity contribution in [2.24, 2.45) is 5.73 Å². The van der Waals surface area contributed by atoms with E-state index < -0.39 is 25.2 Å². The molecule has 0 aromatic heterocycles. The van der Waals surface area contributed by atoms with E-state index in [4.69, 9.17) is 24.6 Å². The van der Waals surface area contributed by atoms with Crippen LogP contribution in [0.15, 0.2) is 91.0 Å². The maximum atomic E-state index is 13.5. The minimum absolute atomic E-state index is 0.118. The Hall–Kier alpha value is -5.00. The molecule has 45 heavy (non-hydrogen) atoms. The summed E-state index contributed by atoms with van der Waals surface area (Å²) in [6, 6.07) is 27.1. The Kier molecular flexibility index (Phi) is 8.90. The highest BCUT2D eigenvalue weighted by atomic mass is 16.5. The van der Waals surface area contributed by atoms with E-state index in [1.54, 1.807) is 35.2 Å². The fourth-order valence-corrected chi connectivity index (χ4v) is 5.38. The lowest BCUT2D eigenvalue weighted by molar-refractivity contribution is -0.141. The third-order valence-electron chi connectivity index (χ3n) is 7.85. The van der Waals surface area contributed by atoms with Crippen molar-refractivity contribution in [3.63, 3.8) is 0 Å². The highest BCUT2D eigenvalue weighted by Crippen LogP contribution is 2.38. The maximum Gasteiger partial charge on any atom is 0.522 e. The number of nitrogens with zero attached hydrogens (tertiary/aromatic N) is 1. The quantitative estimate of drug-likeness (QED) is 0.213. The number of aryl methyl sites for hydroxylation is 1. The van der Waals surface area contributed by atoms with Crippen LogP contribution in [0.25, 0.3) is 0 Å². The smallest absolute Gasteiger partial charge is 0.522 e. The van der Waals surface area contributed by atoms with Gasteiger partial charge in [-0.05, 0) is 47.6 Å². The van der Waals surface area contributed by atoms with E-state index in [-0.39, 0.29) is 42.7 Å². The molecular weight excluding hydrogens is 575 g/mol. The first-order valence-electron chi connectivity index (χ1n) is 14.8. The minimum Gasteiger partial charge on any atom is -0.535 e. The molecule has 4 aromatic rings.